The third kappa shape index (κ3) is 5.39. The highest BCUT2D eigenvalue weighted by Gasteiger charge is 2.11. The standard InChI is InChI=1S/C22H25N5O2/c1-15(2)6-9-29-22-21(12-23)26-13-18(27-22)11-17-10-16-4-3-5-20(24-7-8-28)19(16)14-25-17/h3-5,10,13-15,24,28H,6-9,11H2,1-2H3. The molecule has 2 heterocycles. The van der Waals surface area contributed by atoms with E-state index in [1.54, 1.807) is 6.20 Å². The molecule has 0 aliphatic rings. The summed E-state index contributed by atoms with van der Waals surface area (Å²) in [6.45, 7) is 5.30. The zero-order chi connectivity index (χ0) is 20.6. The van der Waals surface area contributed by atoms with E-state index in [2.05, 4.69) is 34.1 Å². The molecule has 3 rings (SSSR count). The maximum atomic E-state index is 9.25. The van der Waals surface area contributed by atoms with Crippen molar-refractivity contribution in [3.63, 3.8) is 0 Å². The maximum Gasteiger partial charge on any atom is 0.251 e. The molecule has 0 atom stereocenters. The Morgan fingerprint density at radius 1 is 1.21 bits per heavy atom. The van der Waals surface area contributed by atoms with Gasteiger partial charge in [-0.25, -0.2) is 9.97 Å². The number of nitrogens with one attached hydrogen (secondary N) is 1. The molecule has 150 valence electrons. The first-order valence-electron chi connectivity index (χ1n) is 9.72. The zero-order valence-electron chi connectivity index (χ0n) is 16.7. The van der Waals surface area contributed by atoms with Gasteiger partial charge in [0.25, 0.3) is 5.88 Å². The fourth-order valence-corrected chi connectivity index (χ4v) is 2.90. The average molecular weight is 391 g/mol. The molecule has 2 N–H and O–H groups in total. The SMILES string of the molecule is CC(C)CCOc1nc(Cc2cc3cccc(NCCO)c3cn2)cnc1C#N. The van der Waals surface area contributed by atoms with Gasteiger partial charge in [-0.1, -0.05) is 26.0 Å². The number of aliphatic hydroxyl groups is 1. The molecule has 3 aromatic rings. The van der Waals surface area contributed by atoms with Crippen LogP contribution in [0.15, 0.2) is 36.7 Å². The van der Waals surface area contributed by atoms with Crippen molar-refractivity contribution in [1.29, 1.82) is 5.26 Å². The summed E-state index contributed by atoms with van der Waals surface area (Å²) in [5.74, 6) is 0.789. The van der Waals surface area contributed by atoms with Crippen molar-refractivity contribution < 1.29 is 9.84 Å². The Hall–Kier alpha value is -3.24. The van der Waals surface area contributed by atoms with Crippen LogP contribution in [-0.4, -0.2) is 39.8 Å². The van der Waals surface area contributed by atoms with Gasteiger partial charge < -0.3 is 15.2 Å². The van der Waals surface area contributed by atoms with Crippen LogP contribution in [0.5, 0.6) is 5.88 Å². The minimum absolute atomic E-state index is 0.0703. The van der Waals surface area contributed by atoms with Gasteiger partial charge >= 0.3 is 0 Å². The van der Waals surface area contributed by atoms with Crippen LogP contribution in [0.4, 0.5) is 5.69 Å². The molecule has 7 nitrogen and oxygen atoms in total. The van der Waals surface area contributed by atoms with E-state index in [0.717, 1.165) is 28.6 Å². The lowest BCUT2D eigenvalue weighted by molar-refractivity contribution is 0.276. The number of anilines is 1. The second-order valence-corrected chi connectivity index (χ2v) is 7.19. The molecule has 0 fully saturated rings. The van der Waals surface area contributed by atoms with Crippen LogP contribution >= 0.6 is 0 Å². The third-order valence-corrected chi connectivity index (χ3v) is 4.44. The minimum atomic E-state index is 0.0703. The molecule has 7 heteroatoms. The van der Waals surface area contributed by atoms with Crippen LogP contribution in [0.3, 0.4) is 0 Å². The lowest BCUT2D eigenvalue weighted by atomic mass is 10.1. The molecule has 0 aliphatic heterocycles. The van der Waals surface area contributed by atoms with Crippen molar-refractivity contribution in [3.05, 3.63) is 53.7 Å². The van der Waals surface area contributed by atoms with Gasteiger partial charge in [0.05, 0.1) is 25.1 Å². The summed E-state index contributed by atoms with van der Waals surface area (Å²) < 4.78 is 5.70. The third-order valence-electron chi connectivity index (χ3n) is 4.44. The second kappa shape index (κ2) is 9.80. The van der Waals surface area contributed by atoms with Gasteiger partial charge in [0.2, 0.25) is 5.69 Å². The van der Waals surface area contributed by atoms with Gasteiger partial charge in [-0.15, -0.1) is 0 Å². The Labute approximate surface area is 170 Å². The molecule has 0 saturated heterocycles. The fourth-order valence-electron chi connectivity index (χ4n) is 2.90. The Balaban J connectivity index is 1.80. The van der Waals surface area contributed by atoms with E-state index in [9.17, 15) is 5.26 Å². The highest BCUT2D eigenvalue weighted by Crippen LogP contribution is 2.24. The smallest absolute Gasteiger partial charge is 0.251 e. The summed E-state index contributed by atoms with van der Waals surface area (Å²) in [4.78, 5) is 13.2. The Kier molecular flexibility index (Phi) is 6.93. The first-order chi connectivity index (χ1) is 14.1. The van der Waals surface area contributed by atoms with Crippen LogP contribution in [0.25, 0.3) is 10.8 Å². The Morgan fingerprint density at radius 2 is 2.07 bits per heavy atom. The molecular weight excluding hydrogens is 366 g/mol. The summed E-state index contributed by atoms with van der Waals surface area (Å²) in [6.07, 6.45) is 4.79. The van der Waals surface area contributed by atoms with E-state index < -0.39 is 0 Å². The van der Waals surface area contributed by atoms with E-state index >= 15 is 0 Å². The lowest BCUT2D eigenvalue weighted by Crippen LogP contribution is -2.07. The van der Waals surface area contributed by atoms with Crippen LogP contribution in [0, 0.1) is 17.2 Å². The topological polar surface area (TPSA) is 104 Å². The van der Waals surface area contributed by atoms with E-state index in [4.69, 9.17) is 9.84 Å². The van der Waals surface area contributed by atoms with Crippen molar-refractivity contribution in [3.8, 4) is 11.9 Å². The van der Waals surface area contributed by atoms with Gasteiger partial charge in [-0.2, -0.15) is 5.26 Å². The summed E-state index contributed by atoms with van der Waals surface area (Å²) in [6, 6.07) is 10.00. The molecule has 0 bridgehead atoms. The summed E-state index contributed by atoms with van der Waals surface area (Å²) in [5, 5.41) is 23.5. The highest BCUT2D eigenvalue weighted by atomic mass is 16.5. The predicted molar refractivity (Wildman–Crippen MR) is 112 cm³/mol. The largest absolute Gasteiger partial charge is 0.476 e. The summed E-state index contributed by atoms with van der Waals surface area (Å²) in [5.41, 5.74) is 2.69. The molecule has 0 aliphatic carbocycles. The second-order valence-electron chi connectivity index (χ2n) is 7.19. The van der Waals surface area contributed by atoms with Gasteiger partial charge in [0.1, 0.15) is 6.07 Å². The minimum Gasteiger partial charge on any atom is -0.476 e. The molecule has 2 aromatic heterocycles. The molecule has 0 radical (unpaired) electrons. The number of hydrogen-bond acceptors (Lipinski definition) is 7. The Bertz CT molecular complexity index is 1010. The van der Waals surface area contributed by atoms with Crippen molar-refractivity contribution in [1.82, 2.24) is 15.0 Å². The maximum absolute atomic E-state index is 9.25. The average Bonchev–Trinajstić information content (AvgIpc) is 2.72. The van der Waals surface area contributed by atoms with E-state index in [1.807, 2.05) is 36.5 Å². The number of aromatic nitrogens is 3. The first kappa shape index (κ1) is 20.5. The van der Waals surface area contributed by atoms with Gasteiger partial charge in [0, 0.05) is 35.9 Å². The number of aliphatic hydroxyl groups excluding tert-OH is 1. The van der Waals surface area contributed by atoms with E-state index in [-0.39, 0.29) is 18.2 Å². The lowest BCUT2D eigenvalue weighted by Gasteiger charge is -2.11. The van der Waals surface area contributed by atoms with Crippen LogP contribution in [0.2, 0.25) is 0 Å². The van der Waals surface area contributed by atoms with Crippen LogP contribution < -0.4 is 10.1 Å². The monoisotopic (exact) mass is 391 g/mol. The summed E-state index contributed by atoms with van der Waals surface area (Å²) in [7, 11) is 0. The van der Waals surface area contributed by atoms with Crippen LogP contribution in [-0.2, 0) is 6.42 Å². The molecular formula is C22H25N5O2. The normalized spacial score (nSPS) is 10.9. The number of hydrogen-bond donors (Lipinski definition) is 2. The van der Waals surface area contributed by atoms with Crippen molar-refractivity contribution in [2.24, 2.45) is 5.92 Å². The van der Waals surface area contributed by atoms with Gasteiger partial charge in [-0.05, 0) is 29.9 Å². The number of benzene rings is 1. The number of ether oxygens (including phenoxy) is 1. The van der Waals surface area contributed by atoms with Crippen molar-refractivity contribution in [2.45, 2.75) is 26.7 Å². The van der Waals surface area contributed by atoms with E-state index in [0.29, 0.717) is 31.2 Å². The van der Waals surface area contributed by atoms with E-state index in [1.165, 1.54) is 0 Å². The van der Waals surface area contributed by atoms with Crippen molar-refractivity contribution in [2.75, 3.05) is 25.1 Å². The zero-order valence-corrected chi connectivity index (χ0v) is 16.7. The Morgan fingerprint density at radius 3 is 2.83 bits per heavy atom. The van der Waals surface area contributed by atoms with Gasteiger partial charge in [-0.3, -0.25) is 4.98 Å². The number of fused-ring (bicyclic) bond motifs is 1. The molecule has 29 heavy (non-hydrogen) atoms. The quantitative estimate of drug-likeness (QED) is 0.576. The number of pyridine rings is 1. The number of nitrogens with zero attached hydrogens (tertiary/aromatic N) is 4. The molecule has 0 amide bonds. The predicted octanol–water partition coefficient (Wildman–Crippen LogP) is 3.32. The number of rotatable bonds is 9. The molecule has 1 aromatic carbocycles. The van der Waals surface area contributed by atoms with Gasteiger partial charge in [0.15, 0.2) is 0 Å². The highest BCUT2D eigenvalue weighted by molar-refractivity contribution is 5.93. The molecule has 0 saturated carbocycles. The van der Waals surface area contributed by atoms with Crippen LogP contribution in [0.1, 0.15) is 37.4 Å². The first-order valence-corrected chi connectivity index (χ1v) is 9.72. The van der Waals surface area contributed by atoms with Crippen molar-refractivity contribution >= 4 is 16.5 Å². The molecule has 0 unspecified atom stereocenters. The number of nitriles is 1. The fraction of sp³-hybridized carbons (Fsp3) is 0.364. The molecule has 0 spiro atoms. The summed E-state index contributed by atoms with van der Waals surface area (Å²) >= 11 is 0.